The first-order valence-electron chi connectivity index (χ1n) is 10.8. The summed E-state index contributed by atoms with van der Waals surface area (Å²) in [5, 5.41) is 0. The predicted octanol–water partition coefficient (Wildman–Crippen LogP) is 8.22. The minimum absolute atomic E-state index is 0.157. The topological polar surface area (TPSA) is 9.23 Å². The van der Waals surface area contributed by atoms with Gasteiger partial charge in [-0.3, -0.25) is 0 Å². The van der Waals surface area contributed by atoms with Crippen molar-refractivity contribution in [1.82, 2.24) is 0 Å². The van der Waals surface area contributed by atoms with Crippen molar-refractivity contribution in [3.8, 4) is 28.0 Å². The molecule has 6 heteroatoms. The molecule has 0 aromatic heterocycles. The van der Waals surface area contributed by atoms with Gasteiger partial charge in [0.1, 0.15) is 0 Å². The van der Waals surface area contributed by atoms with Crippen LogP contribution in [0.3, 0.4) is 0 Å². The van der Waals surface area contributed by atoms with Crippen LogP contribution < -0.4 is 4.74 Å². The monoisotopic (exact) mass is 446 g/mol. The van der Waals surface area contributed by atoms with Gasteiger partial charge in [0.25, 0.3) is 0 Å². The number of unbranched alkanes of at least 4 members (excludes halogenated alkanes) is 3. The Morgan fingerprint density at radius 1 is 0.781 bits per heavy atom. The molecule has 0 atom stereocenters. The zero-order valence-corrected chi connectivity index (χ0v) is 17.7. The van der Waals surface area contributed by atoms with Crippen molar-refractivity contribution >= 4 is 0 Å². The lowest BCUT2D eigenvalue weighted by atomic mass is 9.98. The van der Waals surface area contributed by atoms with Crippen LogP contribution in [0.15, 0.2) is 48.5 Å². The molecule has 0 amide bonds. The van der Waals surface area contributed by atoms with Crippen molar-refractivity contribution in [3.63, 3.8) is 0 Å². The zero-order valence-electron chi connectivity index (χ0n) is 17.7. The molecule has 0 heterocycles. The Hall–Kier alpha value is -2.89. The van der Waals surface area contributed by atoms with Crippen molar-refractivity contribution in [1.29, 1.82) is 0 Å². The number of halogens is 5. The Bertz CT molecular complexity index is 1110. The highest BCUT2D eigenvalue weighted by Gasteiger charge is 2.34. The number of fused-ring (bicyclic) bond motifs is 3. The molecule has 1 aliphatic rings. The molecule has 0 N–H and O–H groups in total. The maximum Gasteiger partial charge on any atom is 0.573 e. The van der Waals surface area contributed by atoms with Crippen LogP contribution in [0.25, 0.3) is 22.3 Å². The fourth-order valence-corrected chi connectivity index (χ4v) is 4.29. The Morgan fingerprint density at radius 3 is 2.09 bits per heavy atom. The van der Waals surface area contributed by atoms with Gasteiger partial charge < -0.3 is 4.74 Å². The molecule has 0 aliphatic heterocycles. The first-order chi connectivity index (χ1) is 15.2. The maximum atomic E-state index is 14.1. The molecule has 0 spiro atoms. The summed E-state index contributed by atoms with van der Waals surface area (Å²) < 4.78 is 68.9. The van der Waals surface area contributed by atoms with E-state index in [-0.39, 0.29) is 5.56 Å². The summed E-state index contributed by atoms with van der Waals surface area (Å²) in [6.45, 7) is 2.19. The minimum Gasteiger partial charge on any atom is -0.399 e. The maximum absolute atomic E-state index is 14.1. The van der Waals surface area contributed by atoms with E-state index < -0.39 is 23.7 Å². The SMILES string of the molecule is CCCCCCc1ccc2c(c1)Cc1cc(-c3cc(F)c(OC(F)(F)F)c(F)c3)ccc1-2. The van der Waals surface area contributed by atoms with E-state index in [0.29, 0.717) is 12.0 Å². The number of rotatable bonds is 7. The van der Waals surface area contributed by atoms with Crippen LogP contribution in [0.5, 0.6) is 5.75 Å². The number of ether oxygens (including phenoxy) is 1. The van der Waals surface area contributed by atoms with Crippen LogP contribution >= 0.6 is 0 Å². The van der Waals surface area contributed by atoms with E-state index in [2.05, 4.69) is 29.9 Å². The van der Waals surface area contributed by atoms with Crippen molar-refractivity contribution in [2.75, 3.05) is 0 Å². The zero-order chi connectivity index (χ0) is 22.9. The molecule has 0 radical (unpaired) electrons. The lowest BCUT2D eigenvalue weighted by molar-refractivity contribution is -0.276. The molecule has 32 heavy (non-hydrogen) atoms. The predicted molar refractivity (Wildman–Crippen MR) is 115 cm³/mol. The number of hydrogen-bond donors (Lipinski definition) is 0. The summed E-state index contributed by atoms with van der Waals surface area (Å²) in [5.41, 5.74) is 6.46. The van der Waals surface area contributed by atoms with Gasteiger partial charge in [0, 0.05) is 0 Å². The molecule has 0 fully saturated rings. The van der Waals surface area contributed by atoms with Gasteiger partial charge in [-0.25, -0.2) is 8.78 Å². The summed E-state index contributed by atoms with van der Waals surface area (Å²) in [6.07, 6.45) is 1.40. The fourth-order valence-electron chi connectivity index (χ4n) is 4.29. The van der Waals surface area contributed by atoms with E-state index in [1.807, 2.05) is 12.1 Å². The van der Waals surface area contributed by atoms with Crippen molar-refractivity contribution in [2.45, 2.75) is 51.8 Å². The number of benzene rings is 3. The Morgan fingerprint density at radius 2 is 1.44 bits per heavy atom. The second-order valence-electron chi connectivity index (χ2n) is 8.17. The van der Waals surface area contributed by atoms with Gasteiger partial charge in [0.05, 0.1) is 0 Å². The van der Waals surface area contributed by atoms with Crippen molar-refractivity contribution in [3.05, 3.63) is 76.9 Å². The van der Waals surface area contributed by atoms with Gasteiger partial charge in [-0.1, -0.05) is 62.6 Å². The van der Waals surface area contributed by atoms with E-state index in [0.717, 1.165) is 41.7 Å². The molecule has 3 aromatic rings. The smallest absolute Gasteiger partial charge is 0.399 e. The van der Waals surface area contributed by atoms with E-state index in [1.165, 1.54) is 30.4 Å². The quantitative estimate of drug-likeness (QED) is 0.205. The first kappa shape index (κ1) is 22.3. The minimum atomic E-state index is -5.17. The van der Waals surface area contributed by atoms with Crippen LogP contribution in [-0.2, 0) is 12.8 Å². The van der Waals surface area contributed by atoms with E-state index in [1.54, 1.807) is 6.07 Å². The molecular formula is C26H23F5O. The molecule has 0 bridgehead atoms. The van der Waals surface area contributed by atoms with Crippen LogP contribution in [0.4, 0.5) is 22.0 Å². The first-order valence-corrected chi connectivity index (χ1v) is 10.8. The summed E-state index contributed by atoms with van der Waals surface area (Å²) in [7, 11) is 0. The van der Waals surface area contributed by atoms with Gasteiger partial charge in [-0.2, -0.15) is 0 Å². The average Bonchev–Trinajstić information content (AvgIpc) is 3.10. The summed E-state index contributed by atoms with van der Waals surface area (Å²) in [5.74, 6) is -4.23. The van der Waals surface area contributed by atoms with Crippen LogP contribution in [0, 0.1) is 11.6 Å². The van der Waals surface area contributed by atoms with E-state index in [4.69, 9.17) is 0 Å². The molecule has 1 nitrogen and oxygen atoms in total. The van der Waals surface area contributed by atoms with Gasteiger partial charge in [0.15, 0.2) is 11.6 Å². The Balaban J connectivity index is 1.56. The lowest BCUT2D eigenvalue weighted by Crippen LogP contribution is -2.19. The van der Waals surface area contributed by atoms with E-state index >= 15 is 0 Å². The van der Waals surface area contributed by atoms with Gasteiger partial charge in [0.2, 0.25) is 5.75 Å². The highest BCUT2D eigenvalue weighted by atomic mass is 19.4. The third-order valence-electron chi connectivity index (χ3n) is 5.81. The van der Waals surface area contributed by atoms with E-state index in [9.17, 15) is 22.0 Å². The van der Waals surface area contributed by atoms with Gasteiger partial charge >= 0.3 is 6.36 Å². The lowest BCUT2D eigenvalue weighted by Gasteiger charge is -2.12. The third kappa shape index (κ3) is 4.79. The Kier molecular flexibility index (Phi) is 6.22. The molecule has 4 rings (SSSR count). The number of aryl methyl sites for hydroxylation is 1. The second-order valence-corrected chi connectivity index (χ2v) is 8.17. The largest absolute Gasteiger partial charge is 0.573 e. The molecule has 0 saturated heterocycles. The molecule has 3 aromatic carbocycles. The normalized spacial score (nSPS) is 12.6. The van der Waals surface area contributed by atoms with Gasteiger partial charge in [-0.05, 0) is 70.3 Å². The van der Waals surface area contributed by atoms with Crippen LogP contribution in [0.1, 0.15) is 49.3 Å². The molecule has 0 saturated carbocycles. The van der Waals surface area contributed by atoms with Crippen LogP contribution in [0.2, 0.25) is 0 Å². The third-order valence-corrected chi connectivity index (χ3v) is 5.81. The van der Waals surface area contributed by atoms with Crippen molar-refractivity contribution < 1.29 is 26.7 Å². The van der Waals surface area contributed by atoms with Crippen molar-refractivity contribution in [2.24, 2.45) is 0 Å². The average molecular weight is 446 g/mol. The Labute approximate surface area is 183 Å². The second kappa shape index (κ2) is 8.93. The van der Waals surface area contributed by atoms with Gasteiger partial charge in [-0.15, -0.1) is 13.2 Å². The number of alkyl halides is 3. The summed E-state index contributed by atoms with van der Waals surface area (Å²) in [4.78, 5) is 0. The number of hydrogen-bond acceptors (Lipinski definition) is 1. The molecular weight excluding hydrogens is 423 g/mol. The fraction of sp³-hybridized carbons (Fsp3) is 0.308. The summed E-state index contributed by atoms with van der Waals surface area (Å²) >= 11 is 0. The molecule has 168 valence electrons. The van der Waals surface area contributed by atoms with Crippen LogP contribution in [-0.4, -0.2) is 6.36 Å². The highest BCUT2D eigenvalue weighted by molar-refractivity contribution is 5.80. The highest BCUT2D eigenvalue weighted by Crippen LogP contribution is 2.40. The molecule has 1 aliphatic carbocycles. The molecule has 0 unspecified atom stereocenters. The standard InChI is InChI=1S/C26H23F5O/c1-2-3-4-5-6-16-7-9-21-19(11-16)13-20-12-17(8-10-22(20)21)18-14-23(27)25(24(28)15-18)32-26(29,30)31/h7-12,14-15H,2-6,13H2,1H3. The summed E-state index contributed by atoms with van der Waals surface area (Å²) in [6, 6.07) is 13.7.